The van der Waals surface area contributed by atoms with Crippen molar-refractivity contribution in [1.29, 1.82) is 0 Å². The van der Waals surface area contributed by atoms with Gasteiger partial charge in [0.25, 0.3) is 14.2 Å². The molecule has 0 spiro atoms. The van der Waals surface area contributed by atoms with Gasteiger partial charge in [0.2, 0.25) is 0 Å². The number of carbonyl (C=O) groups excluding carboxylic acids is 2. The molecule has 0 aliphatic carbocycles. The Labute approximate surface area is 235 Å². The first-order chi connectivity index (χ1) is 18.1. The maximum Gasteiger partial charge on any atom is 0.271 e. The van der Waals surface area contributed by atoms with Crippen LogP contribution in [0.5, 0.6) is 0 Å². The van der Waals surface area contributed by atoms with E-state index in [0.29, 0.717) is 17.6 Å². The standard InChI is InChI=1S/C29H37N3O3S2Si/c1-6-22(30-27(34)26-20-36-28(31-26)32-17-23(18-32)37-21(2)33)19-35-38(29(3,4)5,24-13-9-7-10-14-24)25-15-11-8-12-16-25/h7-16,20,22-23H,6,17-19H2,1-5H3,(H,30,34)/t22-/m0/s1. The van der Waals surface area contributed by atoms with Gasteiger partial charge in [-0.15, -0.1) is 11.3 Å². The van der Waals surface area contributed by atoms with Crippen molar-refractivity contribution in [3.05, 3.63) is 71.7 Å². The quantitative estimate of drug-likeness (QED) is 0.358. The third kappa shape index (κ3) is 6.22. The molecule has 1 amide bonds. The van der Waals surface area contributed by atoms with Crippen molar-refractivity contribution in [2.75, 3.05) is 24.6 Å². The molecule has 4 rings (SSSR count). The van der Waals surface area contributed by atoms with Crippen LogP contribution >= 0.6 is 23.1 Å². The summed E-state index contributed by atoms with van der Waals surface area (Å²) in [6.07, 6.45) is 0.747. The second-order valence-corrected chi connectivity index (χ2v) is 17.3. The van der Waals surface area contributed by atoms with Gasteiger partial charge in [0.15, 0.2) is 10.2 Å². The number of amides is 1. The van der Waals surface area contributed by atoms with Gasteiger partial charge in [-0.2, -0.15) is 0 Å². The van der Waals surface area contributed by atoms with Gasteiger partial charge in [0, 0.05) is 30.6 Å². The lowest BCUT2D eigenvalue weighted by Crippen LogP contribution is -2.67. The number of anilines is 1. The molecule has 38 heavy (non-hydrogen) atoms. The maximum atomic E-state index is 13.1. The van der Waals surface area contributed by atoms with Gasteiger partial charge in [0.05, 0.1) is 12.6 Å². The van der Waals surface area contributed by atoms with Crippen molar-refractivity contribution in [2.45, 2.75) is 57.4 Å². The number of nitrogens with one attached hydrogen (secondary N) is 1. The van der Waals surface area contributed by atoms with E-state index in [1.54, 1.807) is 6.92 Å². The highest BCUT2D eigenvalue weighted by Crippen LogP contribution is 2.37. The van der Waals surface area contributed by atoms with Crippen LogP contribution in [0, 0.1) is 0 Å². The summed E-state index contributed by atoms with van der Waals surface area (Å²) in [6, 6.07) is 20.9. The monoisotopic (exact) mass is 567 g/mol. The number of carbonyl (C=O) groups is 2. The van der Waals surface area contributed by atoms with Gasteiger partial charge in [-0.3, -0.25) is 9.59 Å². The molecule has 1 saturated heterocycles. The second-order valence-electron chi connectivity index (χ2n) is 10.7. The Morgan fingerprint density at radius 1 is 1.11 bits per heavy atom. The van der Waals surface area contributed by atoms with E-state index in [4.69, 9.17) is 4.43 Å². The molecule has 1 atom stereocenters. The Morgan fingerprint density at radius 2 is 1.68 bits per heavy atom. The number of thioether (sulfide) groups is 1. The predicted octanol–water partition coefficient (Wildman–Crippen LogP) is 4.70. The Kier molecular flexibility index (Phi) is 9.13. The van der Waals surface area contributed by atoms with Gasteiger partial charge in [0.1, 0.15) is 5.69 Å². The van der Waals surface area contributed by atoms with Gasteiger partial charge in [-0.05, 0) is 21.8 Å². The molecular weight excluding hydrogens is 531 g/mol. The number of nitrogens with zero attached hydrogens (tertiary/aromatic N) is 2. The number of rotatable bonds is 10. The molecule has 3 aromatic rings. The van der Waals surface area contributed by atoms with E-state index in [1.165, 1.54) is 33.5 Å². The lowest BCUT2D eigenvalue weighted by Gasteiger charge is -2.43. The highest BCUT2D eigenvalue weighted by Gasteiger charge is 2.50. The van der Waals surface area contributed by atoms with Gasteiger partial charge in [-0.1, -0.05) is 100 Å². The summed E-state index contributed by atoms with van der Waals surface area (Å²) >= 11 is 2.84. The topological polar surface area (TPSA) is 71.5 Å². The van der Waals surface area contributed by atoms with E-state index in [0.717, 1.165) is 24.6 Å². The van der Waals surface area contributed by atoms with Crippen LogP contribution < -0.4 is 20.6 Å². The van der Waals surface area contributed by atoms with E-state index >= 15 is 0 Å². The van der Waals surface area contributed by atoms with Gasteiger partial charge in [-0.25, -0.2) is 4.98 Å². The molecule has 0 unspecified atom stereocenters. The first-order valence-corrected chi connectivity index (χ1v) is 16.7. The SMILES string of the molecule is CC[C@@H](CO[Si](c1ccccc1)(c1ccccc1)C(C)(C)C)NC(=O)c1csc(N2CC(SC(C)=O)C2)n1. The molecule has 1 aliphatic heterocycles. The van der Waals surface area contributed by atoms with Crippen LogP contribution in [-0.2, 0) is 9.22 Å². The third-order valence-corrected chi connectivity index (χ3v) is 13.8. The van der Waals surface area contributed by atoms with Crippen molar-refractivity contribution in [3.63, 3.8) is 0 Å². The van der Waals surface area contributed by atoms with E-state index in [9.17, 15) is 9.59 Å². The maximum absolute atomic E-state index is 13.1. The lowest BCUT2D eigenvalue weighted by molar-refractivity contribution is -0.109. The van der Waals surface area contributed by atoms with Gasteiger partial charge < -0.3 is 14.6 Å². The van der Waals surface area contributed by atoms with Crippen LogP contribution in [0.25, 0.3) is 0 Å². The molecule has 0 saturated carbocycles. The molecule has 2 heterocycles. The van der Waals surface area contributed by atoms with E-state index in [1.807, 2.05) is 17.5 Å². The summed E-state index contributed by atoms with van der Waals surface area (Å²) in [4.78, 5) is 31.2. The van der Waals surface area contributed by atoms with Crippen LogP contribution in [0.15, 0.2) is 66.0 Å². The van der Waals surface area contributed by atoms with E-state index < -0.39 is 8.32 Å². The molecule has 1 N–H and O–H groups in total. The van der Waals surface area contributed by atoms with E-state index in [2.05, 4.69) is 91.4 Å². The second kappa shape index (κ2) is 12.2. The summed E-state index contributed by atoms with van der Waals surface area (Å²) in [6.45, 7) is 12.4. The smallest absolute Gasteiger partial charge is 0.271 e. The fourth-order valence-electron chi connectivity index (χ4n) is 4.93. The van der Waals surface area contributed by atoms with Crippen molar-refractivity contribution in [2.24, 2.45) is 0 Å². The number of benzene rings is 2. The Balaban J connectivity index is 1.48. The number of hydrogen-bond donors (Lipinski definition) is 1. The van der Waals surface area contributed by atoms with Crippen molar-refractivity contribution in [3.8, 4) is 0 Å². The molecule has 1 fully saturated rings. The number of thiazole rings is 1. The zero-order chi connectivity index (χ0) is 27.3. The molecule has 2 aromatic carbocycles. The highest BCUT2D eigenvalue weighted by atomic mass is 32.2. The van der Waals surface area contributed by atoms with Crippen molar-refractivity contribution >= 4 is 57.9 Å². The summed E-state index contributed by atoms with van der Waals surface area (Å²) in [5, 5.41) is 8.56. The number of hydrogen-bond acceptors (Lipinski definition) is 7. The molecule has 1 aromatic heterocycles. The van der Waals surface area contributed by atoms with Crippen LogP contribution in [0.1, 0.15) is 51.5 Å². The first-order valence-electron chi connectivity index (χ1n) is 13.1. The van der Waals surface area contributed by atoms with E-state index in [-0.39, 0.29) is 22.1 Å². The summed E-state index contributed by atoms with van der Waals surface area (Å²) in [5.74, 6) is -0.180. The number of aromatic nitrogens is 1. The minimum atomic E-state index is -2.68. The zero-order valence-corrected chi connectivity index (χ0v) is 25.4. The first kappa shape index (κ1) is 28.5. The van der Waals surface area contributed by atoms with Crippen molar-refractivity contribution < 1.29 is 14.0 Å². The molecule has 9 heteroatoms. The summed E-state index contributed by atoms with van der Waals surface area (Å²) < 4.78 is 7.04. The molecule has 202 valence electrons. The van der Waals surface area contributed by atoms with Crippen LogP contribution in [-0.4, -0.2) is 55.3 Å². The Hall–Kier alpha value is -2.46. The zero-order valence-electron chi connectivity index (χ0n) is 22.8. The van der Waals surface area contributed by atoms with Gasteiger partial charge >= 0.3 is 0 Å². The van der Waals surface area contributed by atoms with Crippen LogP contribution in [0.4, 0.5) is 5.13 Å². The Bertz CT molecular complexity index is 1190. The largest absolute Gasteiger partial charge is 0.405 e. The molecule has 1 aliphatic rings. The fraction of sp³-hybridized carbons (Fsp3) is 0.414. The minimum Gasteiger partial charge on any atom is -0.405 e. The third-order valence-electron chi connectivity index (χ3n) is 6.92. The summed E-state index contributed by atoms with van der Waals surface area (Å²) in [7, 11) is -2.68. The predicted molar refractivity (Wildman–Crippen MR) is 162 cm³/mol. The minimum absolute atomic E-state index is 0.127. The average Bonchev–Trinajstić information content (AvgIpc) is 3.35. The molecule has 0 bridgehead atoms. The van der Waals surface area contributed by atoms with Crippen molar-refractivity contribution in [1.82, 2.24) is 10.3 Å². The molecule has 0 radical (unpaired) electrons. The van der Waals surface area contributed by atoms with Crippen LogP contribution in [0.3, 0.4) is 0 Å². The van der Waals surface area contributed by atoms with Crippen LogP contribution in [0.2, 0.25) is 5.04 Å². The average molecular weight is 568 g/mol. The fourth-order valence-corrected chi connectivity index (χ4v) is 11.3. The highest BCUT2D eigenvalue weighted by molar-refractivity contribution is 8.14. The molecule has 6 nitrogen and oxygen atoms in total. The Morgan fingerprint density at radius 3 is 2.18 bits per heavy atom. The normalized spacial score (nSPS) is 15.1. The lowest BCUT2D eigenvalue weighted by atomic mass is 10.2. The summed E-state index contributed by atoms with van der Waals surface area (Å²) in [5.41, 5.74) is 0.427. The molecular formula is C29H37N3O3S2Si.